The van der Waals surface area contributed by atoms with E-state index >= 15 is 0 Å². The summed E-state index contributed by atoms with van der Waals surface area (Å²) < 4.78 is 5.77. The summed E-state index contributed by atoms with van der Waals surface area (Å²) >= 11 is 0. The summed E-state index contributed by atoms with van der Waals surface area (Å²) in [4.78, 5) is 18.6. The Labute approximate surface area is 169 Å². The second-order valence-corrected chi connectivity index (χ2v) is 6.82. The van der Waals surface area contributed by atoms with Crippen molar-refractivity contribution in [3.05, 3.63) is 95.7 Å². The van der Waals surface area contributed by atoms with Crippen LogP contribution in [-0.4, -0.2) is 35.1 Å². The number of nitriles is 1. The van der Waals surface area contributed by atoms with E-state index in [1.54, 1.807) is 23.2 Å². The van der Waals surface area contributed by atoms with Gasteiger partial charge in [0.25, 0.3) is 0 Å². The number of aromatic nitrogens is 1. The summed E-state index contributed by atoms with van der Waals surface area (Å²) in [6, 6.07) is 24.8. The van der Waals surface area contributed by atoms with E-state index in [1.807, 2.05) is 60.7 Å². The zero-order valence-corrected chi connectivity index (χ0v) is 15.7. The van der Waals surface area contributed by atoms with Crippen molar-refractivity contribution in [2.45, 2.75) is 12.1 Å². The second kappa shape index (κ2) is 8.44. The summed E-state index contributed by atoms with van der Waals surface area (Å²) in [5.41, 5.74) is 2.43. The highest BCUT2D eigenvalue weighted by molar-refractivity contribution is 5.76. The van der Waals surface area contributed by atoms with Crippen molar-refractivity contribution < 1.29 is 9.53 Å². The van der Waals surface area contributed by atoms with Gasteiger partial charge < -0.3 is 15.0 Å². The number of likely N-dealkylation sites (tertiary alicyclic amines) is 1. The molecule has 144 valence electrons. The van der Waals surface area contributed by atoms with Gasteiger partial charge in [-0.1, -0.05) is 60.7 Å². The number of hydrogen-bond acceptors (Lipinski definition) is 4. The number of benzene rings is 2. The van der Waals surface area contributed by atoms with Crippen molar-refractivity contribution in [3.63, 3.8) is 0 Å². The monoisotopic (exact) mass is 384 g/mol. The van der Waals surface area contributed by atoms with Crippen LogP contribution in [0, 0.1) is 11.3 Å². The molecule has 1 aromatic heterocycles. The molecule has 1 fully saturated rings. The molecule has 1 saturated heterocycles. The minimum absolute atomic E-state index is 0.149. The molecule has 0 aliphatic carbocycles. The molecule has 29 heavy (non-hydrogen) atoms. The number of nitrogens with one attached hydrogen (secondary N) is 1. The van der Waals surface area contributed by atoms with Gasteiger partial charge in [0.05, 0.1) is 19.1 Å². The fourth-order valence-electron chi connectivity index (χ4n) is 3.27. The Hall–Kier alpha value is -3.85. The van der Waals surface area contributed by atoms with E-state index in [4.69, 9.17) is 10.00 Å². The summed E-state index contributed by atoms with van der Waals surface area (Å²) in [6.07, 6.45) is 1.42. The SMILES string of the molecule is N#Cc1cccnc1OC1CN(C(=O)NC(c2ccccc2)c2ccccc2)C1. The maximum absolute atomic E-state index is 12.8. The summed E-state index contributed by atoms with van der Waals surface area (Å²) in [6.45, 7) is 0.896. The van der Waals surface area contributed by atoms with E-state index in [1.165, 1.54) is 0 Å². The van der Waals surface area contributed by atoms with Gasteiger partial charge in [0.15, 0.2) is 0 Å². The van der Waals surface area contributed by atoms with Crippen LogP contribution in [0.1, 0.15) is 22.7 Å². The van der Waals surface area contributed by atoms with Gasteiger partial charge in [-0.15, -0.1) is 0 Å². The van der Waals surface area contributed by atoms with Gasteiger partial charge in [-0.25, -0.2) is 9.78 Å². The number of hydrogen-bond donors (Lipinski definition) is 1. The first-order valence-corrected chi connectivity index (χ1v) is 9.41. The first-order valence-electron chi connectivity index (χ1n) is 9.41. The molecule has 6 nitrogen and oxygen atoms in total. The van der Waals surface area contributed by atoms with Crippen molar-refractivity contribution in [3.8, 4) is 11.9 Å². The van der Waals surface area contributed by atoms with Gasteiger partial charge in [-0.05, 0) is 23.3 Å². The Bertz CT molecular complexity index is 972. The van der Waals surface area contributed by atoms with Crippen LogP contribution in [0.4, 0.5) is 4.79 Å². The van der Waals surface area contributed by atoms with Gasteiger partial charge in [0.2, 0.25) is 5.88 Å². The fourth-order valence-corrected chi connectivity index (χ4v) is 3.27. The average molecular weight is 384 g/mol. The van der Waals surface area contributed by atoms with E-state index in [-0.39, 0.29) is 18.2 Å². The molecule has 2 heterocycles. The highest BCUT2D eigenvalue weighted by Gasteiger charge is 2.34. The van der Waals surface area contributed by atoms with Crippen LogP contribution >= 0.6 is 0 Å². The van der Waals surface area contributed by atoms with Crippen LogP contribution in [0.15, 0.2) is 79.0 Å². The van der Waals surface area contributed by atoms with E-state index in [0.29, 0.717) is 24.5 Å². The standard InChI is InChI=1S/C23H20N4O2/c24-14-19-12-7-13-25-22(19)29-20-15-27(16-20)23(28)26-21(17-8-3-1-4-9-17)18-10-5-2-6-11-18/h1-13,20-21H,15-16H2,(H,26,28). The smallest absolute Gasteiger partial charge is 0.318 e. The summed E-state index contributed by atoms with van der Waals surface area (Å²) in [5.74, 6) is 0.312. The van der Waals surface area contributed by atoms with Crippen molar-refractivity contribution >= 4 is 6.03 Å². The molecule has 2 aromatic carbocycles. The number of ether oxygens (including phenoxy) is 1. The predicted octanol–water partition coefficient (Wildman–Crippen LogP) is 3.52. The largest absolute Gasteiger partial charge is 0.470 e. The molecule has 6 heteroatoms. The molecule has 0 unspecified atom stereocenters. The number of urea groups is 1. The minimum atomic E-state index is -0.231. The number of carbonyl (C=O) groups excluding carboxylic acids is 1. The normalized spacial score (nSPS) is 13.4. The molecule has 1 N–H and O–H groups in total. The van der Waals surface area contributed by atoms with Crippen LogP contribution in [0.3, 0.4) is 0 Å². The third kappa shape index (κ3) is 4.19. The first kappa shape index (κ1) is 18.5. The molecule has 0 saturated carbocycles. The molecule has 2 amide bonds. The fraction of sp³-hybridized carbons (Fsp3) is 0.174. The number of pyridine rings is 1. The van der Waals surface area contributed by atoms with E-state index in [2.05, 4.69) is 16.4 Å². The van der Waals surface area contributed by atoms with Gasteiger partial charge >= 0.3 is 6.03 Å². The third-order valence-corrected chi connectivity index (χ3v) is 4.84. The van der Waals surface area contributed by atoms with Gasteiger partial charge in [0.1, 0.15) is 17.7 Å². The van der Waals surface area contributed by atoms with Crippen LogP contribution in [0.2, 0.25) is 0 Å². The molecule has 4 rings (SSSR count). The summed E-state index contributed by atoms with van der Waals surface area (Å²) in [5, 5.41) is 12.3. The van der Waals surface area contributed by atoms with Crippen molar-refractivity contribution in [1.82, 2.24) is 15.2 Å². The van der Waals surface area contributed by atoms with E-state index in [0.717, 1.165) is 11.1 Å². The highest BCUT2D eigenvalue weighted by Crippen LogP contribution is 2.24. The van der Waals surface area contributed by atoms with E-state index < -0.39 is 0 Å². The molecular formula is C23H20N4O2. The number of carbonyl (C=O) groups is 1. The Balaban J connectivity index is 1.40. The molecule has 0 atom stereocenters. The zero-order chi connectivity index (χ0) is 20.1. The maximum atomic E-state index is 12.8. The molecule has 1 aliphatic rings. The lowest BCUT2D eigenvalue weighted by Gasteiger charge is -2.39. The number of amides is 2. The molecule has 1 aliphatic heterocycles. The van der Waals surface area contributed by atoms with Crippen LogP contribution in [0.25, 0.3) is 0 Å². The highest BCUT2D eigenvalue weighted by atomic mass is 16.5. The van der Waals surface area contributed by atoms with Gasteiger partial charge in [0, 0.05) is 6.20 Å². The Morgan fingerprint density at radius 1 is 1.03 bits per heavy atom. The topological polar surface area (TPSA) is 78.2 Å². The second-order valence-electron chi connectivity index (χ2n) is 6.82. The lowest BCUT2D eigenvalue weighted by atomic mass is 9.99. The molecule has 0 radical (unpaired) electrons. The predicted molar refractivity (Wildman–Crippen MR) is 108 cm³/mol. The van der Waals surface area contributed by atoms with Crippen LogP contribution in [0.5, 0.6) is 5.88 Å². The molecule has 0 spiro atoms. The van der Waals surface area contributed by atoms with Gasteiger partial charge in [-0.2, -0.15) is 5.26 Å². The Morgan fingerprint density at radius 2 is 1.66 bits per heavy atom. The lowest BCUT2D eigenvalue weighted by molar-refractivity contribution is 0.0406. The van der Waals surface area contributed by atoms with Crippen LogP contribution in [-0.2, 0) is 0 Å². The number of nitrogens with zero attached hydrogens (tertiary/aromatic N) is 3. The van der Waals surface area contributed by atoms with Gasteiger partial charge in [-0.3, -0.25) is 0 Å². The summed E-state index contributed by atoms with van der Waals surface area (Å²) in [7, 11) is 0. The zero-order valence-electron chi connectivity index (χ0n) is 15.7. The Kier molecular flexibility index (Phi) is 5.39. The maximum Gasteiger partial charge on any atom is 0.318 e. The van der Waals surface area contributed by atoms with Crippen molar-refractivity contribution in [1.29, 1.82) is 5.26 Å². The number of rotatable bonds is 5. The lowest BCUT2D eigenvalue weighted by Crippen LogP contribution is -2.59. The average Bonchev–Trinajstić information content (AvgIpc) is 2.75. The van der Waals surface area contributed by atoms with E-state index in [9.17, 15) is 4.79 Å². The Morgan fingerprint density at radius 3 is 2.24 bits per heavy atom. The quantitative estimate of drug-likeness (QED) is 0.730. The van der Waals surface area contributed by atoms with Crippen molar-refractivity contribution in [2.24, 2.45) is 0 Å². The molecule has 3 aromatic rings. The first-order chi connectivity index (χ1) is 14.2. The third-order valence-electron chi connectivity index (χ3n) is 4.84. The van der Waals surface area contributed by atoms with Crippen LogP contribution < -0.4 is 10.1 Å². The minimum Gasteiger partial charge on any atom is -0.470 e. The molecule has 0 bridgehead atoms. The molecular weight excluding hydrogens is 364 g/mol. The van der Waals surface area contributed by atoms with Crippen molar-refractivity contribution in [2.75, 3.05) is 13.1 Å².